The lowest BCUT2D eigenvalue weighted by molar-refractivity contribution is -0.151. The van der Waals surface area contributed by atoms with Crippen molar-refractivity contribution in [2.45, 2.75) is 57.2 Å². The summed E-state index contributed by atoms with van der Waals surface area (Å²) < 4.78 is 10.9. The molecule has 0 aromatic heterocycles. The van der Waals surface area contributed by atoms with Crippen LogP contribution in [0.1, 0.15) is 44.9 Å². The number of fused-ring (bicyclic) bond motifs is 1. The van der Waals surface area contributed by atoms with E-state index in [4.69, 9.17) is 14.6 Å². The fourth-order valence-electron chi connectivity index (χ4n) is 3.52. The second-order valence-corrected chi connectivity index (χ2v) is 6.42. The smallest absolute Gasteiger partial charge is 0.309 e. The Morgan fingerprint density at radius 1 is 1.05 bits per heavy atom. The molecule has 0 amide bonds. The number of carbonyl (C=O) groups excluding carboxylic acids is 1. The Hall–Kier alpha value is -0.610. The molecule has 3 rings (SSSR count). The molecule has 3 aliphatic rings. The maximum absolute atomic E-state index is 12.0. The van der Waals surface area contributed by atoms with Crippen molar-refractivity contribution in [1.82, 2.24) is 0 Å². The summed E-state index contributed by atoms with van der Waals surface area (Å²) >= 11 is 0. The summed E-state index contributed by atoms with van der Waals surface area (Å²) in [6.07, 6.45) is 7.89. The topological polar surface area (TPSA) is 59.1 Å². The highest BCUT2D eigenvalue weighted by Gasteiger charge is 2.46. The second kappa shape index (κ2) is 5.80. The van der Waals surface area contributed by atoms with Crippen LogP contribution in [0.4, 0.5) is 0 Å². The average molecular weight is 268 g/mol. The Bertz CT molecular complexity index is 322. The van der Waals surface area contributed by atoms with Crippen LogP contribution in [0, 0.1) is 17.8 Å². The van der Waals surface area contributed by atoms with Gasteiger partial charge < -0.3 is 14.6 Å². The van der Waals surface area contributed by atoms with Gasteiger partial charge in [0, 0.05) is 6.61 Å². The third kappa shape index (κ3) is 3.29. The summed E-state index contributed by atoms with van der Waals surface area (Å²) in [5.74, 6) is 1.02. The van der Waals surface area contributed by atoms with E-state index in [9.17, 15) is 4.79 Å². The molecule has 108 valence electrons. The first-order valence-electron chi connectivity index (χ1n) is 7.69. The first-order chi connectivity index (χ1) is 9.26. The highest BCUT2D eigenvalue weighted by atomic mass is 16.6. The zero-order valence-electron chi connectivity index (χ0n) is 11.4. The van der Waals surface area contributed by atoms with Gasteiger partial charge in [0.05, 0.1) is 24.7 Å². The number of hydrogen-bond acceptors (Lipinski definition) is 4. The van der Waals surface area contributed by atoms with E-state index in [1.807, 2.05) is 0 Å². The van der Waals surface area contributed by atoms with E-state index in [1.165, 1.54) is 0 Å². The van der Waals surface area contributed by atoms with Crippen LogP contribution in [0.5, 0.6) is 0 Å². The van der Waals surface area contributed by atoms with E-state index in [-0.39, 0.29) is 11.9 Å². The molecule has 3 unspecified atom stereocenters. The monoisotopic (exact) mass is 268 g/mol. The van der Waals surface area contributed by atoms with Crippen molar-refractivity contribution in [2.75, 3.05) is 13.2 Å². The zero-order chi connectivity index (χ0) is 13.2. The minimum absolute atomic E-state index is 0.0155. The van der Waals surface area contributed by atoms with Crippen LogP contribution in [-0.2, 0) is 14.3 Å². The van der Waals surface area contributed by atoms with Crippen LogP contribution in [0.15, 0.2) is 0 Å². The van der Waals surface area contributed by atoms with Crippen LogP contribution in [0.25, 0.3) is 0 Å². The highest BCUT2D eigenvalue weighted by molar-refractivity contribution is 5.72. The Morgan fingerprint density at radius 2 is 1.79 bits per heavy atom. The van der Waals surface area contributed by atoms with Crippen molar-refractivity contribution in [3.8, 4) is 0 Å². The fourth-order valence-corrected chi connectivity index (χ4v) is 3.52. The van der Waals surface area contributed by atoms with Crippen LogP contribution in [0.3, 0.4) is 0 Å². The molecule has 2 aliphatic carbocycles. The normalized spacial score (nSPS) is 41.4. The van der Waals surface area contributed by atoms with E-state index in [0.717, 1.165) is 44.9 Å². The molecule has 4 heteroatoms. The Kier molecular flexibility index (Phi) is 4.08. The van der Waals surface area contributed by atoms with Gasteiger partial charge in [0.1, 0.15) is 0 Å². The molecule has 1 aliphatic heterocycles. The molecule has 3 atom stereocenters. The van der Waals surface area contributed by atoms with Crippen LogP contribution < -0.4 is 0 Å². The molecule has 0 spiro atoms. The number of ether oxygens (including phenoxy) is 2. The molecule has 1 N–H and O–H groups in total. The molecule has 19 heavy (non-hydrogen) atoms. The van der Waals surface area contributed by atoms with Crippen LogP contribution >= 0.6 is 0 Å². The van der Waals surface area contributed by atoms with E-state index in [1.54, 1.807) is 0 Å². The maximum atomic E-state index is 12.0. The predicted molar refractivity (Wildman–Crippen MR) is 69.5 cm³/mol. The molecule has 1 saturated heterocycles. The third-order valence-electron chi connectivity index (χ3n) is 5.02. The molecule has 0 aromatic rings. The lowest BCUT2D eigenvalue weighted by Crippen LogP contribution is -2.27. The van der Waals surface area contributed by atoms with Crippen molar-refractivity contribution in [1.29, 1.82) is 0 Å². The summed E-state index contributed by atoms with van der Waals surface area (Å²) in [4.78, 5) is 12.0. The molecule has 0 radical (unpaired) electrons. The maximum Gasteiger partial charge on any atom is 0.309 e. The Balaban J connectivity index is 1.36. The van der Waals surface area contributed by atoms with Gasteiger partial charge in [0.25, 0.3) is 0 Å². The van der Waals surface area contributed by atoms with Crippen LogP contribution in [0.2, 0.25) is 0 Å². The van der Waals surface area contributed by atoms with Gasteiger partial charge >= 0.3 is 5.97 Å². The van der Waals surface area contributed by atoms with E-state index < -0.39 is 0 Å². The van der Waals surface area contributed by atoms with Crippen molar-refractivity contribution in [2.24, 2.45) is 17.8 Å². The van der Waals surface area contributed by atoms with Crippen molar-refractivity contribution in [3.05, 3.63) is 0 Å². The summed E-state index contributed by atoms with van der Waals surface area (Å²) in [6, 6.07) is 0. The number of carbonyl (C=O) groups is 1. The van der Waals surface area contributed by atoms with Gasteiger partial charge in [-0.05, 0) is 56.8 Å². The predicted octanol–water partition coefficient (Wildman–Crippen LogP) is 1.90. The summed E-state index contributed by atoms with van der Waals surface area (Å²) in [6.45, 7) is 0.875. The lowest BCUT2D eigenvalue weighted by Gasteiger charge is -2.27. The number of esters is 1. The summed E-state index contributed by atoms with van der Waals surface area (Å²) in [5.41, 5.74) is 0. The van der Waals surface area contributed by atoms with Gasteiger partial charge in [-0.1, -0.05) is 0 Å². The number of aliphatic hydroxyl groups is 1. The molecule has 1 heterocycles. The molecular formula is C15H24O4. The van der Waals surface area contributed by atoms with Crippen molar-refractivity contribution >= 4 is 5.97 Å². The molecular weight excluding hydrogens is 244 g/mol. The number of rotatable bonds is 4. The van der Waals surface area contributed by atoms with Gasteiger partial charge in [0.15, 0.2) is 0 Å². The minimum atomic E-state index is -0.0155. The zero-order valence-corrected chi connectivity index (χ0v) is 11.4. The fraction of sp³-hybridized carbons (Fsp3) is 0.933. The highest BCUT2D eigenvalue weighted by Crippen LogP contribution is 2.40. The van der Waals surface area contributed by atoms with Gasteiger partial charge in [-0.15, -0.1) is 0 Å². The first kappa shape index (κ1) is 13.4. The van der Waals surface area contributed by atoms with E-state index in [2.05, 4.69) is 0 Å². The summed E-state index contributed by atoms with van der Waals surface area (Å²) in [5, 5.41) is 9.10. The van der Waals surface area contributed by atoms with Crippen molar-refractivity contribution in [3.63, 3.8) is 0 Å². The van der Waals surface area contributed by atoms with E-state index >= 15 is 0 Å². The number of aliphatic hydroxyl groups excluding tert-OH is 1. The molecule has 2 saturated carbocycles. The first-order valence-corrected chi connectivity index (χ1v) is 7.69. The second-order valence-electron chi connectivity index (χ2n) is 6.42. The molecule has 3 fully saturated rings. The number of hydrogen-bond donors (Lipinski definition) is 1. The van der Waals surface area contributed by atoms with Crippen molar-refractivity contribution < 1.29 is 19.4 Å². The Labute approximate surface area is 114 Å². The van der Waals surface area contributed by atoms with E-state index in [0.29, 0.717) is 37.3 Å². The van der Waals surface area contributed by atoms with Gasteiger partial charge in [-0.2, -0.15) is 0 Å². The average Bonchev–Trinajstić information content (AvgIpc) is 3.23. The minimum Gasteiger partial charge on any atom is -0.465 e. The number of epoxide rings is 1. The van der Waals surface area contributed by atoms with Gasteiger partial charge in [0.2, 0.25) is 0 Å². The molecule has 0 bridgehead atoms. The standard InChI is InChI=1S/C15H24O4/c16-8-10-1-3-11(4-2-10)9-18-15(17)12-5-6-13-14(7-12)19-13/h10-14,16H,1-9H2. The summed E-state index contributed by atoms with van der Waals surface area (Å²) in [7, 11) is 0. The molecule has 0 aromatic carbocycles. The quantitative estimate of drug-likeness (QED) is 0.625. The third-order valence-corrected chi connectivity index (χ3v) is 5.02. The SMILES string of the molecule is O=C(OCC1CCC(CO)CC1)C1CCC2OC2C1. The van der Waals surface area contributed by atoms with Crippen LogP contribution in [-0.4, -0.2) is 36.5 Å². The largest absolute Gasteiger partial charge is 0.465 e. The molecule has 4 nitrogen and oxygen atoms in total. The van der Waals surface area contributed by atoms with Gasteiger partial charge in [-0.3, -0.25) is 4.79 Å². The lowest BCUT2D eigenvalue weighted by atomic mass is 9.83. The van der Waals surface area contributed by atoms with Gasteiger partial charge in [-0.25, -0.2) is 0 Å². The Morgan fingerprint density at radius 3 is 2.47 bits per heavy atom.